The van der Waals surface area contributed by atoms with Gasteiger partial charge >= 0.3 is 6.09 Å². The number of nitrogens with zero attached hydrogens (tertiary/aromatic N) is 5. The molecule has 2 aromatic carbocycles. The number of aromatic amines is 1. The summed E-state index contributed by atoms with van der Waals surface area (Å²) in [5.74, 6) is -0.595. The lowest BCUT2D eigenvalue weighted by Crippen LogP contribution is -2.69. The molecule has 0 unspecified atom stereocenters. The van der Waals surface area contributed by atoms with E-state index in [1.54, 1.807) is 12.1 Å². The summed E-state index contributed by atoms with van der Waals surface area (Å²) in [6.07, 6.45) is 0.355. The fraction of sp³-hybridized carbons (Fsp3) is 0.304. The molecule has 1 aliphatic heterocycles. The van der Waals surface area contributed by atoms with Gasteiger partial charge in [0.25, 0.3) is 11.9 Å². The van der Waals surface area contributed by atoms with E-state index < -0.39 is 24.1 Å². The number of amides is 3. The molecule has 1 aromatic heterocycles. The second-order valence-corrected chi connectivity index (χ2v) is 7.89. The number of β-lactam (4-membered cyclic amide) rings is 1. The highest BCUT2D eigenvalue weighted by Gasteiger charge is 2.44. The van der Waals surface area contributed by atoms with Crippen LogP contribution in [0, 0.1) is 0 Å². The molecule has 3 amide bonds. The fourth-order valence-corrected chi connectivity index (χ4v) is 3.61. The number of carbonyl (C=O) groups excluding carboxylic acids is 3. The van der Waals surface area contributed by atoms with Crippen molar-refractivity contribution in [3.05, 3.63) is 66.2 Å². The number of hydrogen-bond donors (Lipinski definition) is 3. The highest BCUT2D eigenvalue weighted by atomic mass is 16.5. The van der Waals surface area contributed by atoms with E-state index >= 15 is 0 Å². The van der Waals surface area contributed by atoms with Crippen LogP contribution in [0.4, 0.5) is 16.4 Å². The zero-order chi connectivity index (χ0) is 24.6. The number of alkyl carbamates (subject to hydrolysis) is 1. The third-order valence-corrected chi connectivity index (χ3v) is 5.39. The molecule has 0 radical (unpaired) electrons. The van der Waals surface area contributed by atoms with Crippen LogP contribution < -0.4 is 15.6 Å². The van der Waals surface area contributed by atoms with Gasteiger partial charge in [0.05, 0.1) is 12.2 Å². The number of hydrazine groups is 1. The standard InChI is InChI=1S/C23H26N8O4/c1-2-9-18(25-23(34)35-15-16-10-5-3-6-11-16)20(32)24-19-14-30(21(19)33)31(22-26-28-29-27-22)17-12-7-4-8-13-17/h3-8,10-13,18-19H,2,9,14-15H2,1H3,(H,24,32)(H,25,34)(H,26,27,28,29)/t18-,19-/m0/s1. The maximum absolute atomic E-state index is 12.9. The summed E-state index contributed by atoms with van der Waals surface area (Å²) >= 11 is 0. The minimum atomic E-state index is -0.826. The fourth-order valence-electron chi connectivity index (χ4n) is 3.61. The van der Waals surface area contributed by atoms with Crippen LogP contribution in [-0.4, -0.2) is 62.2 Å². The molecule has 0 aliphatic carbocycles. The molecule has 12 nitrogen and oxygen atoms in total. The number of ether oxygens (including phenoxy) is 1. The summed E-state index contributed by atoms with van der Waals surface area (Å²) in [7, 11) is 0. The first-order chi connectivity index (χ1) is 17.1. The number of nitrogens with one attached hydrogen (secondary N) is 3. The van der Waals surface area contributed by atoms with Crippen LogP contribution in [0.25, 0.3) is 0 Å². The normalized spacial score (nSPS) is 15.6. The lowest BCUT2D eigenvalue weighted by atomic mass is 10.1. The lowest BCUT2D eigenvalue weighted by molar-refractivity contribution is -0.147. The average molecular weight is 479 g/mol. The maximum atomic E-state index is 12.9. The van der Waals surface area contributed by atoms with E-state index in [9.17, 15) is 14.4 Å². The van der Waals surface area contributed by atoms with Gasteiger partial charge in [0, 0.05) is 0 Å². The van der Waals surface area contributed by atoms with E-state index in [0.717, 1.165) is 5.56 Å². The minimum Gasteiger partial charge on any atom is -0.445 e. The Morgan fingerprint density at radius 2 is 1.89 bits per heavy atom. The Morgan fingerprint density at radius 1 is 1.17 bits per heavy atom. The summed E-state index contributed by atoms with van der Waals surface area (Å²) < 4.78 is 5.23. The van der Waals surface area contributed by atoms with Crippen molar-refractivity contribution in [2.45, 2.75) is 38.5 Å². The van der Waals surface area contributed by atoms with Crippen LogP contribution in [0.1, 0.15) is 25.3 Å². The number of carbonyl (C=O) groups is 3. The Hall–Kier alpha value is -4.48. The summed E-state index contributed by atoms with van der Waals surface area (Å²) in [6.45, 7) is 2.19. The molecule has 2 atom stereocenters. The molecule has 2 heterocycles. The number of aromatic nitrogens is 4. The van der Waals surface area contributed by atoms with Crippen molar-refractivity contribution >= 4 is 29.5 Å². The zero-order valence-electron chi connectivity index (χ0n) is 19.1. The molecular weight excluding hydrogens is 452 g/mol. The van der Waals surface area contributed by atoms with Crippen molar-refractivity contribution in [1.82, 2.24) is 36.3 Å². The Balaban J connectivity index is 1.34. The van der Waals surface area contributed by atoms with Crippen molar-refractivity contribution in [2.75, 3.05) is 11.6 Å². The first-order valence-electron chi connectivity index (χ1n) is 11.2. The van der Waals surface area contributed by atoms with Gasteiger partial charge < -0.3 is 15.4 Å². The maximum Gasteiger partial charge on any atom is 0.408 e. The Kier molecular flexibility index (Phi) is 7.50. The SMILES string of the molecule is CCC[C@H](NC(=O)OCc1ccccc1)C(=O)N[C@H]1CN(N(c2ccccc2)c2nn[nH]n2)C1=O. The molecule has 1 aliphatic rings. The van der Waals surface area contributed by atoms with Crippen molar-refractivity contribution in [3.63, 3.8) is 0 Å². The van der Waals surface area contributed by atoms with Crippen LogP contribution >= 0.6 is 0 Å². The van der Waals surface area contributed by atoms with Gasteiger partial charge in [0.1, 0.15) is 18.7 Å². The molecule has 182 valence electrons. The third kappa shape index (κ3) is 5.72. The van der Waals surface area contributed by atoms with Crippen molar-refractivity contribution in [1.29, 1.82) is 0 Å². The highest BCUT2D eigenvalue weighted by molar-refractivity contribution is 5.95. The van der Waals surface area contributed by atoms with Gasteiger partial charge in [0.2, 0.25) is 5.91 Å². The van der Waals surface area contributed by atoms with Crippen molar-refractivity contribution in [3.8, 4) is 0 Å². The predicted octanol–water partition coefficient (Wildman–Crippen LogP) is 1.67. The molecule has 0 saturated carbocycles. The van der Waals surface area contributed by atoms with E-state index in [4.69, 9.17) is 4.74 Å². The minimum absolute atomic E-state index is 0.0919. The number of rotatable bonds is 10. The van der Waals surface area contributed by atoms with Gasteiger partial charge in [-0.05, 0) is 29.3 Å². The van der Waals surface area contributed by atoms with Gasteiger partial charge in [-0.2, -0.15) is 5.21 Å². The number of H-pyrrole nitrogens is 1. The summed E-state index contributed by atoms with van der Waals surface area (Å²) in [6, 6.07) is 16.8. The van der Waals surface area contributed by atoms with E-state index in [-0.39, 0.29) is 25.0 Å². The van der Waals surface area contributed by atoms with E-state index in [0.29, 0.717) is 18.5 Å². The molecule has 4 rings (SSSR count). The smallest absolute Gasteiger partial charge is 0.408 e. The van der Waals surface area contributed by atoms with Crippen LogP contribution in [0.2, 0.25) is 0 Å². The molecular formula is C23H26N8O4. The van der Waals surface area contributed by atoms with Crippen molar-refractivity contribution in [2.24, 2.45) is 0 Å². The Labute approximate surface area is 201 Å². The molecule has 0 bridgehead atoms. The molecule has 1 fully saturated rings. The molecule has 12 heteroatoms. The molecule has 3 aromatic rings. The molecule has 1 saturated heterocycles. The second kappa shape index (κ2) is 11.1. The number of hydrogen-bond acceptors (Lipinski definition) is 8. The zero-order valence-corrected chi connectivity index (χ0v) is 19.1. The number of benzene rings is 2. The first kappa shape index (κ1) is 23.7. The number of tetrazole rings is 1. The van der Waals surface area contributed by atoms with Crippen LogP contribution in [-0.2, 0) is 20.9 Å². The van der Waals surface area contributed by atoms with Gasteiger partial charge in [-0.1, -0.05) is 67.0 Å². The van der Waals surface area contributed by atoms with Gasteiger partial charge in [-0.3, -0.25) is 9.59 Å². The largest absolute Gasteiger partial charge is 0.445 e. The summed E-state index contributed by atoms with van der Waals surface area (Å²) in [5, 5.41) is 22.2. The predicted molar refractivity (Wildman–Crippen MR) is 125 cm³/mol. The summed E-state index contributed by atoms with van der Waals surface area (Å²) in [4.78, 5) is 38.1. The van der Waals surface area contributed by atoms with Crippen LogP contribution in [0.3, 0.4) is 0 Å². The highest BCUT2D eigenvalue weighted by Crippen LogP contribution is 2.27. The number of anilines is 2. The molecule has 0 spiro atoms. The average Bonchev–Trinajstić information content (AvgIpc) is 3.42. The van der Waals surface area contributed by atoms with E-state index in [1.165, 1.54) is 10.0 Å². The van der Waals surface area contributed by atoms with Crippen LogP contribution in [0.15, 0.2) is 60.7 Å². The molecule has 35 heavy (non-hydrogen) atoms. The quantitative estimate of drug-likeness (QED) is 0.373. The number of para-hydroxylation sites is 1. The van der Waals surface area contributed by atoms with Gasteiger partial charge in [0.15, 0.2) is 0 Å². The summed E-state index contributed by atoms with van der Waals surface area (Å²) in [5.41, 5.74) is 1.50. The first-order valence-corrected chi connectivity index (χ1v) is 11.2. The second-order valence-electron chi connectivity index (χ2n) is 7.89. The van der Waals surface area contributed by atoms with Crippen LogP contribution in [0.5, 0.6) is 0 Å². The Morgan fingerprint density at radius 3 is 2.51 bits per heavy atom. The van der Waals surface area contributed by atoms with Gasteiger partial charge in [-0.25, -0.2) is 14.8 Å². The van der Waals surface area contributed by atoms with Gasteiger partial charge in [-0.15, -0.1) is 5.10 Å². The lowest BCUT2D eigenvalue weighted by Gasteiger charge is -2.44. The third-order valence-electron chi connectivity index (χ3n) is 5.39. The van der Waals surface area contributed by atoms with E-state index in [1.807, 2.05) is 55.5 Å². The Bertz CT molecular complexity index is 1130. The van der Waals surface area contributed by atoms with Crippen molar-refractivity contribution < 1.29 is 19.1 Å². The topological polar surface area (TPSA) is 145 Å². The monoisotopic (exact) mass is 478 g/mol. The van der Waals surface area contributed by atoms with E-state index in [2.05, 4.69) is 31.3 Å². The molecule has 3 N–H and O–H groups in total.